The van der Waals surface area contributed by atoms with Crippen molar-refractivity contribution in [1.29, 1.82) is 0 Å². The van der Waals surface area contributed by atoms with Gasteiger partial charge in [0, 0.05) is 5.56 Å². The number of para-hydroxylation sites is 1. The maximum absolute atomic E-state index is 12.6. The van der Waals surface area contributed by atoms with Gasteiger partial charge in [-0.1, -0.05) is 48.5 Å². The lowest BCUT2D eigenvalue weighted by Gasteiger charge is -2.07. The summed E-state index contributed by atoms with van der Waals surface area (Å²) in [4.78, 5) is 23.3. The van der Waals surface area contributed by atoms with Crippen LogP contribution in [0.25, 0.3) is 22.3 Å². The molecule has 0 saturated carbocycles. The van der Waals surface area contributed by atoms with E-state index in [9.17, 15) is 14.9 Å². The number of nitro groups is 1. The molecule has 5 heteroatoms. The number of hydrogen-bond acceptors (Lipinski definition) is 4. The summed E-state index contributed by atoms with van der Waals surface area (Å²) in [6.07, 6.45) is 2.20. The van der Waals surface area contributed by atoms with E-state index in [1.807, 2.05) is 6.07 Å². The molecule has 3 rings (SSSR count). The van der Waals surface area contributed by atoms with E-state index in [0.29, 0.717) is 17.6 Å². The number of hydrogen-bond donors (Lipinski definition) is 0. The molecule has 0 fully saturated rings. The van der Waals surface area contributed by atoms with Gasteiger partial charge in [-0.25, -0.2) is 0 Å². The van der Waals surface area contributed by atoms with Gasteiger partial charge in [0.2, 0.25) is 5.76 Å². The fourth-order valence-corrected chi connectivity index (χ4v) is 2.53. The van der Waals surface area contributed by atoms with Crippen LogP contribution in [0.5, 0.6) is 0 Å². The minimum atomic E-state index is -0.687. The van der Waals surface area contributed by atoms with E-state index < -0.39 is 16.0 Å². The van der Waals surface area contributed by atoms with Gasteiger partial charge in [0.25, 0.3) is 5.43 Å². The maximum atomic E-state index is 12.6. The Morgan fingerprint density at radius 2 is 1.87 bits per heavy atom. The molecule has 0 aliphatic carbocycles. The first-order chi connectivity index (χ1) is 11.1. The Balaban J connectivity index is 2.45. The van der Waals surface area contributed by atoms with Gasteiger partial charge in [-0.15, -0.1) is 6.58 Å². The lowest BCUT2D eigenvalue weighted by Crippen LogP contribution is -2.10. The Kier molecular flexibility index (Phi) is 3.76. The highest BCUT2D eigenvalue weighted by molar-refractivity contribution is 5.85. The summed E-state index contributed by atoms with van der Waals surface area (Å²) in [6, 6.07) is 13.6. The summed E-state index contributed by atoms with van der Waals surface area (Å²) in [6.45, 7) is 3.68. The van der Waals surface area contributed by atoms with E-state index in [2.05, 4.69) is 6.58 Å². The fourth-order valence-electron chi connectivity index (χ4n) is 2.53. The summed E-state index contributed by atoms with van der Waals surface area (Å²) in [5, 5.41) is 11.6. The van der Waals surface area contributed by atoms with Crippen molar-refractivity contribution in [2.75, 3.05) is 0 Å². The lowest BCUT2D eigenvalue weighted by atomic mass is 10.1. The summed E-state index contributed by atoms with van der Waals surface area (Å²) in [7, 11) is 0. The van der Waals surface area contributed by atoms with Crippen LogP contribution in [0.2, 0.25) is 0 Å². The summed E-state index contributed by atoms with van der Waals surface area (Å²) in [5.41, 5.74) is 0.440. The van der Waals surface area contributed by atoms with Gasteiger partial charge >= 0.3 is 5.69 Å². The summed E-state index contributed by atoms with van der Waals surface area (Å²) in [5.74, 6) is -0.0235. The molecule has 0 aliphatic rings. The van der Waals surface area contributed by atoms with Gasteiger partial charge in [0.05, 0.1) is 10.3 Å². The monoisotopic (exact) mass is 307 g/mol. The van der Waals surface area contributed by atoms with Crippen LogP contribution in [0.15, 0.2) is 70.4 Å². The van der Waals surface area contributed by atoms with Crippen LogP contribution in [-0.4, -0.2) is 4.92 Å². The van der Waals surface area contributed by atoms with Crippen molar-refractivity contribution in [1.82, 2.24) is 0 Å². The molecule has 0 unspecified atom stereocenters. The van der Waals surface area contributed by atoms with Crippen LogP contribution in [0.3, 0.4) is 0 Å². The van der Waals surface area contributed by atoms with E-state index in [1.165, 1.54) is 6.07 Å². The Morgan fingerprint density at radius 1 is 1.13 bits per heavy atom. The highest BCUT2D eigenvalue weighted by Gasteiger charge is 2.26. The minimum Gasteiger partial charge on any atom is -0.448 e. The Bertz CT molecular complexity index is 958. The van der Waals surface area contributed by atoms with Crippen molar-refractivity contribution >= 4 is 16.7 Å². The third-order valence-corrected chi connectivity index (χ3v) is 3.56. The topological polar surface area (TPSA) is 73.3 Å². The third kappa shape index (κ3) is 2.53. The first-order valence-corrected chi connectivity index (χ1v) is 7.03. The van der Waals surface area contributed by atoms with Crippen molar-refractivity contribution in [2.45, 2.75) is 6.42 Å². The molecular formula is C18H13NO4. The number of rotatable bonds is 4. The molecule has 23 heavy (non-hydrogen) atoms. The van der Waals surface area contributed by atoms with Crippen molar-refractivity contribution < 1.29 is 9.34 Å². The molecule has 0 bridgehead atoms. The highest BCUT2D eigenvalue weighted by atomic mass is 16.6. The Hall–Kier alpha value is -3.21. The standard InChI is InChI=1S/C18H13NO4/c1-2-7-12-10-6-11-14-16(20)15(19(21)22)18(23-17(12)14)13-8-4-3-5-9-13/h2-6,8-11H,1,7H2. The first-order valence-electron chi connectivity index (χ1n) is 7.03. The van der Waals surface area contributed by atoms with E-state index >= 15 is 0 Å². The normalized spacial score (nSPS) is 10.6. The molecule has 3 aromatic rings. The van der Waals surface area contributed by atoms with Gasteiger partial charge in [0.15, 0.2) is 0 Å². The number of benzene rings is 2. The second kappa shape index (κ2) is 5.88. The SMILES string of the molecule is C=CCc1cccc2c(=O)c([N+](=O)[O-])c(-c3ccccc3)oc12. The molecule has 0 aliphatic heterocycles. The molecule has 1 heterocycles. The molecule has 0 amide bonds. The van der Waals surface area contributed by atoms with Crippen LogP contribution in [0.4, 0.5) is 5.69 Å². The van der Waals surface area contributed by atoms with Crippen molar-refractivity contribution in [3.8, 4) is 11.3 Å². The molecular weight excluding hydrogens is 294 g/mol. The molecule has 0 atom stereocenters. The van der Waals surface area contributed by atoms with Crippen LogP contribution in [0.1, 0.15) is 5.56 Å². The average molecular weight is 307 g/mol. The molecule has 114 valence electrons. The lowest BCUT2D eigenvalue weighted by molar-refractivity contribution is -0.386. The minimum absolute atomic E-state index is 0.0235. The van der Waals surface area contributed by atoms with Gasteiger partial charge in [-0.05, 0) is 18.1 Å². The molecule has 1 aromatic heterocycles. The predicted molar refractivity (Wildman–Crippen MR) is 88.5 cm³/mol. The molecule has 0 N–H and O–H groups in total. The maximum Gasteiger partial charge on any atom is 0.359 e. The third-order valence-electron chi connectivity index (χ3n) is 3.56. The Morgan fingerprint density at radius 3 is 2.52 bits per heavy atom. The zero-order valence-corrected chi connectivity index (χ0v) is 12.2. The molecule has 5 nitrogen and oxygen atoms in total. The van der Waals surface area contributed by atoms with Gasteiger partial charge in [-0.2, -0.15) is 0 Å². The van der Waals surface area contributed by atoms with Gasteiger partial charge in [0.1, 0.15) is 5.58 Å². The largest absolute Gasteiger partial charge is 0.448 e. The van der Waals surface area contributed by atoms with Crippen molar-refractivity contribution in [3.63, 3.8) is 0 Å². The number of allylic oxidation sites excluding steroid dienone is 1. The van der Waals surface area contributed by atoms with Gasteiger partial charge in [-0.3, -0.25) is 14.9 Å². The smallest absolute Gasteiger partial charge is 0.359 e. The fraction of sp³-hybridized carbons (Fsp3) is 0.0556. The van der Waals surface area contributed by atoms with Crippen LogP contribution >= 0.6 is 0 Å². The van der Waals surface area contributed by atoms with E-state index in [-0.39, 0.29) is 11.1 Å². The Labute approximate surface area is 131 Å². The molecule has 0 spiro atoms. The van der Waals surface area contributed by atoms with Gasteiger partial charge < -0.3 is 4.42 Å². The molecule has 0 radical (unpaired) electrons. The second-order valence-electron chi connectivity index (χ2n) is 5.02. The highest BCUT2D eigenvalue weighted by Crippen LogP contribution is 2.31. The molecule has 0 saturated heterocycles. The zero-order chi connectivity index (χ0) is 16.4. The number of fused-ring (bicyclic) bond motifs is 1. The summed E-state index contributed by atoms with van der Waals surface area (Å²) >= 11 is 0. The first kappa shape index (κ1) is 14.7. The van der Waals surface area contributed by atoms with E-state index in [1.54, 1.807) is 42.5 Å². The molecule has 2 aromatic carbocycles. The van der Waals surface area contributed by atoms with E-state index in [4.69, 9.17) is 4.42 Å². The van der Waals surface area contributed by atoms with Crippen LogP contribution in [-0.2, 0) is 6.42 Å². The quantitative estimate of drug-likeness (QED) is 0.413. The second-order valence-corrected chi connectivity index (χ2v) is 5.02. The average Bonchev–Trinajstić information content (AvgIpc) is 2.56. The van der Waals surface area contributed by atoms with Crippen molar-refractivity contribution in [3.05, 3.63) is 87.1 Å². The summed E-state index contributed by atoms with van der Waals surface area (Å²) < 4.78 is 5.82. The van der Waals surface area contributed by atoms with Crippen LogP contribution < -0.4 is 5.43 Å². The van der Waals surface area contributed by atoms with Crippen LogP contribution in [0, 0.1) is 10.1 Å². The zero-order valence-electron chi connectivity index (χ0n) is 12.2. The predicted octanol–water partition coefficient (Wildman–Crippen LogP) is 4.10. The number of nitrogens with zero attached hydrogens (tertiary/aromatic N) is 1. The van der Waals surface area contributed by atoms with E-state index in [0.717, 1.165) is 5.56 Å². The van der Waals surface area contributed by atoms with Crippen molar-refractivity contribution in [2.24, 2.45) is 0 Å².